The van der Waals surface area contributed by atoms with Gasteiger partial charge in [-0.15, -0.1) is 0 Å². The van der Waals surface area contributed by atoms with Crippen LogP contribution in [0.4, 0.5) is 0 Å². The van der Waals surface area contributed by atoms with Crippen LogP contribution >= 0.6 is 0 Å². The molecule has 0 aliphatic carbocycles. The molecule has 0 fully saturated rings. The molecule has 24 heavy (non-hydrogen) atoms. The maximum absolute atomic E-state index is 9.93. The van der Waals surface area contributed by atoms with Gasteiger partial charge in [-0.2, -0.15) is 0 Å². The van der Waals surface area contributed by atoms with Gasteiger partial charge in [-0.1, -0.05) is 42.5 Å². The van der Waals surface area contributed by atoms with Crippen molar-refractivity contribution in [2.45, 2.75) is 19.3 Å². The largest absolute Gasteiger partial charge is 0.489 e. The van der Waals surface area contributed by atoms with E-state index in [1.807, 2.05) is 54.6 Å². The molecular formula is C20H21NO3. The third-order valence-corrected chi connectivity index (χ3v) is 3.71. The molecule has 0 aliphatic rings. The van der Waals surface area contributed by atoms with Crippen molar-refractivity contribution in [3.8, 4) is 5.75 Å². The molecule has 3 aromatic rings. The number of hydrogen-bond acceptors (Lipinski definition) is 4. The molecule has 1 aromatic heterocycles. The summed E-state index contributed by atoms with van der Waals surface area (Å²) in [6.07, 6.45) is 0.931. The molecule has 0 amide bonds. The summed E-state index contributed by atoms with van der Waals surface area (Å²) in [5.41, 5.74) is 2.28. The number of aliphatic hydroxyl groups is 1. The molecule has 1 unspecified atom stereocenters. The van der Waals surface area contributed by atoms with Crippen molar-refractivity contribution in [3.05, 3.63) is 89.9 Å². The van der Waals surface area contributed by atoms with Crippen molar-refractivity contribution >= 4 is 0 Å². The summed E-state index contributed by atoms with van der Waals surface area (Å²) in [6, 6.07) is 21.6. The maximum Gasteiger partial charge on any atom is 0.133 e. The quantitative estimate of drug-likeness (QED) is 0.664. The first-order valence-electron chi connectivity index (χ1n) is 7.99. The first kappa shape index (κ1) is 16.3. The van der Waals surface area contributed by atoms with Crippen molar-refractivity contribution < 1.29 is 14.3 Å². The smallest absolute Gasteiger partial charge is 0.133 e. The Hall–Kier alpha value is -2.56. The molecule has 0 bridgehead atoms. The number of hydrogen-bond donors (Lipinski definition) is 2. The van der Waals surface area contributed by atoms with Crippen LogP contribution in [0.3, 0.4) is 0 Å². The third kappa shape index (κ3) is 4.72. The summed E-state index contributed by atoms with van der Waals surface area (Å²) in [5, 5.41) is 13.1. The van der Waals surface area contributed by atoms with Crippen molar-refractivity contribution in [1.82, 2.24) is 5.32 Å². The number of rotatable bonds is 8. The Labute approximate surface area is 141 Å². The predicted octanol–water partition coefficient (Wildman–Crippen LogP) is 3.68. The Bertz CT molecular complexity index is 708. The van der Waals surface area contributed by atoms with E-state index in [9.17, 15) is 5.11 Å². The number of benzene rings is 2. The monoisotopic (exact) mass is 323 g/mol. The van der Waals surface area contributed by atoms with E-state index in [0.29, 0.717) is 25.5 Å². The van der Waals surface area contributed by atoms with E-state index >= 15 is 0 Å². The van der Waals surface area contributed by atoms with Gasteiger partial charge in [-0.3, -0.25) is 0 Å². The molecule has 4 heteroatoms. The SMILES string of the molecule is OC(CNCc1ccc(OCc2ccccc2)cc1)c1ccco1. The molecule has 0 saturated heterocycles. The normalized spacial score (nSPS) is 12.0. The fourth-order valence-corrected chi connectivity index (χ4v) is 2.38. The Balaban J connectivity index is 1.43. The van der Waals surface area contributed by atoms with E-state index in [4.69, 9.17) is 9.15 Å². The van der Waals surface area contributed by atoms with Gasteiger partial charge >= 0.3 is 0 Å². The van der Waals surface area contributed by atoms with Crippen molar-refractivity contribution in [1.29, 1.82) is 0 Å². The standard InChI is InChI=1S/C20H21NO3/c22-19(20-7-4-12-23-20)14-21-13-16-8-10-18(11-9-16)24-15-17-5-2-1-3-6-17/h1-12,19,21-22H,13-15H2. The molecule has 2 N–H and O–H groups in total. The zero-order valence-electron chi connectivity index (χ0n) is 13.4. The van der Waals surface area contributed by atoms with E-state index < -0.39 is 6.10 Å². The van der Waals surface area contributed by atoms with Gasteiger partial charge in [0.05, 0.1) is 6.26 Å². The lowest BCUT2D eigenvalue weighted by Gasteiger charge is -2.10. The summed E-state index contributed by atoms with van der Waals surface area (Å²) in [7, 11) is 0. The van der Waals surface area contributed by atoms with E-state index in [1.54, 1.807) is 18.4 Å². The van der Waals surface area contributed by atoms with Crippen LogP contribution in [0.5, 0.6) is 5.75 Å². The van der Waals surface area contributed by atoms with Gasteiger partial charge in [0.1, 0.15) is 24.2 Å². The minimum atomic E-state index is -0.631. The van der Waals surface area contributed by atoms with Gasteiger partial charge < -0.3 is 19.6 Å². The maximum atomic E-state index is 9.93. The minimum absolute atomic E-state index is 0.444. The number of ether oxygens (including phenoxy) is 1. The Morgan fingerprint density at radius 1 is 0.917 bits per heavy atom. The fraction of sp³-hybridized carbons (Fsp3) is 0.200. The highest BCUT2D eigenvalue weighted by Crippen LogP contribution is 2.15. The first-order chi connectivity index (χ1) is 11.8. The molecule has 0 spiro atoms. The molecular weight excluding hydrogens is 302 g/mol. The minimum Gasteiger partial charge on any atom is -0.489 e. The summed E-state index contributed by atoms with van der Waals surface area (Å²) < 4.78 is 10.9. The molecule has 1 heterocycles. The second-order valence-electron chi connectivity index (χ2n) is 5.58. The third-order valence-electron chi connectivity index (χ3n) is 3.71. The zero-order chi connectivity index (χ0) is 16.6. The summed E-state index contributed by atoms with van der Waals surface area (Å²) in [6.45, 7) is 1.68. The molecule has 1 atom stereocenters. The highest BCUT2D eigenvalue weighted by atomic mass is 16.5. The molecule has 0 radical (unpaired) electrons. The lowest BCUT2D eigenvalue weighted by atomic mass is 10.2. The van der Waals surface area contributed by atoms with Crippen LogP contribution < -0.4 is 10.1 Å². The molecule has 2 aromatic carbocycles. The molecule has 4 nitrogen and oxygen atoms in total. The van der Waals surface area contributed by atoms with Gasteiger partial charge in [-0.25, -0.2) is 0 Å². The van der Waals surface area contributed by atoms with Crippen LogP contribution in [0.1, 0.15) is 23.0 Å². The molecule has 0 saturated carbocycles. The van der Waals surface area contributed by atoms with Gasteiger partial charge in [0.2, 0.25) is 0 Å². The van der Waals surface area contributed by atoms with Crippen LogP contribution in [0.15, 0.2) is 77.4 Å². The van der Waals surface area contributed by atoms with Crippen LogP contribution in [0.25, 0.3) is 0 Å². The Kier molecular flexibility index (Phi) is 5.66. The Morgan fingerprint density at radius 3 is 2.42 bits per heavy atom. The zero-order valence-corrected chi connectivity index (χ0v) is 13.4. The van der Waals surface area contributed by atoms with E-state index in [0.717, 1.165) is 16.9 Å². The predicted molar refractivity (Wildman–Crippen MR) is 92.6 cm³/mol. The average Bonchev–Trinajstić information content (AvgIpc) is 3.17. The second kappa shape index (κ2) is 8.34. The molecule has 124 valence electrons. The highest BCUT2D eigenvalue weighted by molar-refractivity contribution is 5.27. The number of furan rings is 1. The molecule has 3 rings (SSSR count). The van der Waals surface area contributed by atoms with Gasteiger partial charge in [0, 0.05) is 13.1 Å². The highest BCUT2D eigenvalue weighted by Gasteiger charge is 2.09. The second-order valence-corrected chi connectivity index (χ2v) is 5.58. The first-order valence-corrected chi connectivity index (χ1v) is 7.99. The fourth-order valence-electron chi connectivity index (χ4n) is 2.38. The van der Waals surface area contributed by atoms with E-state index in [-0.39, 0.29) is 0 Å². The number of aliphatic hydroxyl groups excluding tert-OH is 1. The van der Waals surface area contributed by atoms with Gasteiger partial charge in [0.25, 0.3) is 0 Å². The van der Waals surface area contributed by atoms with Crippen molar-refractivity contribution in [2.24, 2.45) is 0 Å². The summed E-state index contributed by atoms with van der Waals surface area (Å²) >= 11 is 0. The van der Waals surface area contributed by atoms with Crippen LogP contribution in [-0.4, -0.2) is 11.7 Å². The summed E-state index contributed by atoms with van der Waals surface area (Å²) in [4.78, 5) is 0. The van der Waals surface area contributed by atoms with Gasteiger partial charge in [-0.05, 0) is 35.4 Å². The van der Waals surface area contributed by atoms with E-state index in [2.05, 4.69) is 5.32 Å². The van der Waals surface area contributed by atoms with Crippen molar-refractivity contribution in [3.63, 3.8) is 0 Å². The van der Waals surface area contributed by atoms with Crippen LogP contribution in [-0.2, 0) is 13.2 Å². The Morgan fingerprint density at radius 2 is 1.71 bits per heavy atom. The lowest BCUT2D eigenvalue weighted by Crippen LogP contribution is -2.20. The topological polar surface area (TPSA) is 54.6 Å². The van der Waals surface area contributed by atoms with Crippen LogP contribution in [0.2, 0.25) is 0 Å². The summed E-state index contributed by atoms with van der Waals surface area (Å²) in [5.74, 6) is 1.42. The van der Waals surface area contributed by atoms with Crippen molar-refractivity contribution in [2.75, 3.05) is 6.54 Å². The number of nitrogens with one attached hydrogen (secondary N) is 1. The van der Waals surface area contributed by atoms with Gasteiger partial charge in [0.15, 0.2) is 0 Å². The molecule has 0 aliphatic heterocycles. The van der Waals surface area contributed by atoms with E-state index in [1.165, 1.54) is 0 Å². The van der Waals surface area contributed by atoms with Crippen LogP contribution in [0, 0.1) is 0 Å². The lowest BCUT2D eigenvalue weighted by molar-refractivity contribution is 0.147. The average molecular weight is 323 g/mol.